The van der Waals surface area contributed by atoms with E-state index >= 15 is 0 Å². The summed E-state index contributed by atoms with van der Waals surface area (Å²) in [4.78, 5) is 0. The summed E-state index contributed by atoms with van der Waals surface area (Å²) in [7, 11) is 1.90. The molecule has 3 nitrogen and oxygen atoms in total. The predicted octanol–water partition coefficient (Wildman–Crippen LogP) is 0.439. The fourth-order valence-electron chi connectivity index (χ4n) is 1.07. The fraction of sp³-hybridized carbons (Fsp3) is 1.00. The molecule has 0 amide bonds. The Morgan fingerprint density at radius 2 is 1.25 bits per heavy atom. The van der Waals surface area contributed by atoms with Gasteiger partial charge in [-0.15, -0.1) is 0 Å². The van der Waals surface area contributed by atoms with Crippen LogP contribution in [0, 0.1) is 0 Å². The van der Waals surface area contributed by atoms with Crippen LogP contribution in [0.5, 0.6) is 0 Å². The molecule has 0 bridgehead atoms. The van der Waals surface area contributed by atoms with Gasteiger partial charge in [0.05, 0.1) is 0 Å². The van der Waals surface area contributed by atoms with Crippen LogP contribution in [0.2, 0.25) is 0 Å². The average Bonchev–Trinajstić information content (AvgIpc) is 1.85. The lowest BCUT2D eigenvalue weighted by Crippen LogP contribution is -2.74. The largest absolute Gasteiger partial charge is 0.324 e. The molecule has 0 radical (unpaired) electrons. The molecule has 0 aliphatic carbocycles. The number of likely N-dealkylation sites (N-methyl/N-ethyl adjacent to an activating group) is 1. The second-order valence-electron chi connectivity index (χ2n) is 4.80. The smallest absolute Gasteiger partial charge is 0.0481 e. The first-order valence-corrected chi connectivity index (χ1v) is 4.33. The zero-order valence-electron chi connectivity index (χ0n) is 9.15. The standard InChI is InChI=1S/C9H23N3/c1-7(2,10)9(5,11)8(3,4)12-6/h12H,10-11H2,1-6H3. The molecule has 0 aromatic rings. The lowest BCUT2D eigenvalue weighted by Gasteiger charge is -2.49. The van der Waals surface area contributed by atoms with E-state index in [-0.39, 0.29) is 5.54 Å². The average molecular weight is 173 g/mol. The molecule has 0 aromatic carbocycles. The maximum atomic E-state index is 6.19. The van der Waals surface area contributed by atoms with E-state index in [0.717, 1.165) is 0 Å². The predicted molar refractivity (Wildman–Crippen MR) is 54.0 cm³/mol. The van der Waals surface area contributed by atoms with Gasteiger partial charge in [0, 0.05) is 16.6 Å². The number of hydrogen-bond acceptors (Lipinski definition) is 3. The lowest BCUT2D eigenvalue weighted by atomic mass is 9.70. The molecule has 0 aromatic heterocycles. The van der Waals surface area contributed by atoms with E-state index in [1.807, 2.05) is 27.8 Å². The molecule has 3 heteroatoms. The quantitative estimate of drug-likeness (QED) is 0.580. The van der Waals surface area contributed by atoms with Crippen LogP contribution >= 0.6 is 0 Å². The fourth-order valence-corrected chi connectivity index (χ4v) is 1.07. The van der Waals surface area contributed by atoms with Crippen LogP contribution < -0.4 is 16.8 Å². The van der Waals surface area contributed by atoms with Crippen LogP contribution in [0.25, 0.3) is 0 Å². The van der Waals surface area contributed by atoms with Crippen molar-refractivity contribution in [3.63, 3.8) is 0 Å². The van der Waals surface area contributed by atoms with Crippen molar-refractivity contribution in [1.29, 1.82) is 0 Å². The summed E-state index contributed by atoms with van der Waals surface area (Å²) in [5.41, 5.74) is 11.2. The number of rotatable bonds is 3. The molecule has 1 unspecified atom stereocenters. The van der Waals surface area contributed by atoms with E-state index in [9.17, 15) is 0 Å². The Labute approximate surface area is 75.9 Å². The number of nitrogens with two attached hydrogens (primary N) is 2. The van der Waals surface area contributed by atoms with Crippen LogP contribution in [-0.4, -0.2) is 23.7 Å². The summed E-state index contributed by atoms with van der Waals surface area (Å²) in [6.07, 6.45) is 0. The molecule has 0 fully saturated rings. The van der Waals surface area contributed by atoms with E-state index < -0.39 is 11.1 Å². The van der Waals surface area contributed by atoms with Crippen molar-refractivity contribution in [2.24, 2.45) is 11.5 Å². The SMILES string of the molecule is CNC(C)(C)C(C)(N)C(C)(C)N. The molecule has 0 aliphatic rings. The zero-order chi connectivity index (χ0) is 10.2. The highest BCUT2D eigenvalue weighted by Gasteiger charge is 2.45. The Morgan fingerprint density at radius 1 is 0.917 bits per heavy atom. The Bertz CT molecular complexity index is 154. The van der Waals surface area contributed by atoms with Crippen molar-refractivity contribution in [1.82, 2.24) is 5.32 Å². The Hall–Kier alpha value is -0.120. The molecule has 74 valence electrons. The highest BCUT2D eigenvalue weighted by atomic mass is 15.1. The first kappa shape index (κ1) is 11.9. The van der Waals surface area contributed by atoms with E-state index in [1.165, 1.54) is 0 Å². The third-order valence-electron chi connectivity index (χ3n) is 3.26. The van der Waals surface area contributed by atoms with E-state index in [0.29, 0.717) is 0 Å². The van der Waals surface area contributed by atoms with E-state index in [4.69, 9.17) is 11.5 Å². The van der Waals surface area contributed by atoms with Crippen LogP contribution in [-0.2, 0) is 0 Å². The molecule has 0 rings (SSSR count). The summed E-state index contributed by atoms with van der Waals surface area (Å²) in [5.74, 6) is 0. The van der Waals surface area contributed by atoms with Crippen LogP contribution in [0.1, 0.15) is 34.6 Å². The van der Waals surface area contributed by atoms with Gasteiger partial charge in [0.15, 0.2) is 0 Å². The van der Waals surface area contributed by atoms with Crippen LogP contribution in [0.3, 0.4) is 0 Å². The van der Waals surface area contributed by atoms with Gasteiger partial charge in [0.25, 0.3) is 0 Å². The molecule has 0 saturated heterocycles. The van der Waals surface area contributed by atoms with Crippen LogP contribution in [0.15, 0.2) is 0 Å². The van der Waals surface area contributed by atoms with Gasteiger partial charge >= 0.3 is 0 Å². The summed E-state index contributed by atoms with van der Waals surface area (Å²) in [6.45, 7) is 9.99. The molecular weight excluding hydrogens is 150 g/mol. The lowest BCUT2D eigenvalue weighted by molar-refractivity contribution is 0.150. The van der Waals surface area contributed by atoms with Crippen molar-refractivity contribution < 1.29 is 0 Å². The normalized spacial score (nSPS) is 19.0. The van der Waals surface area contributed by atoms with Gasteiger partial charge < -0.3 is 16.8 Å². The summed E-state index contributed by atoms with van der Waals surface area (Å²) in [5, 5.41) is 3.18. The second kappa shape index (κ2) is 2.98. The Morgan fingerprint density at radius 3 is 1.33 bits per heavy atom. The van der Waals surface area contributed by atoms with Crippen molar-refractivity contribution in [2.75, 3.05) is 7.05 Å². The molecular formula is C9H23N3. The van der Waals surface area contributed by atoms with Gasteiger partial charge in [-0.3, -0.25) is 0 Å². The van der Waals surface area contributed by atoms with Gasteiger partial charge in [-0.05, 0) is 41.7 Å². The molecule has 0 spiro atoms. The monoisotopic (exact) mass is 173 g/mol. The Balaban J connectivity index is 4.85. The topological polar surface area (TPSA) is 64.1 Å². The molecule has 5 N–H and O–H groups in total. The van der Waals surface area contributed by atoms with Crippen molar-refractivity contribution in [3.8, 4) is 0 Å². The van der Waals surface area contributed by atoms with Gasteiger partial charge in [-0.2, -0.15) is 0 Å². The van der Waals surface area contributed by atoms with Gasteiger partial charge in [-0.25, -0.2) is 0 Å². The van der Waals surface area contributed by atoms with Crippen molar-refractivity contribution in [3.05, 3.63) is 0 Å². The van der Waals surface area contributed by atoms with Crippen LogP contribution in [0.4, 0.5) is 0 Å². The van der Waals surface area contributed by atoms with E-state index in [1.54, 1.807) is 0 Å². The number of hydrogen-bond donors (Lipinski definition) is 3. The molecule has 12 heavy (non-hydrogen) atoms. The molecule has 0 saturated carbocycles. The first-order chi connectivity index (χ1) is 5.06. The summed E-state index contributed by atoms with van der Waals surface area (Å²) in [6, 6.07) is 0. The third kappa shape index (κ3) is 1.79. The molecule has 1 atom stereocenters. The maximum Gasteiger partial charge on any atom is 0.0481 e. The minimum Gasteiger partial charge on any atom is -0.324 e. The molecule has 0 heterocycles. The third-order valence-corrected chi connectivity index (χ3v) is 3.26. The van der Waals surface area contributed by atoms with Gasteiger partial charge in [0.1, 0.15) is 0 Å². The first-order valence-electron chi connectivity index (χ1n) is 4.33. The highest BCUT2D eigenvalue weighted by Crippen LogP contribution is 2.27. The minimum atomic E-state index is -0.450. The Kier molecular flexibility index (Phi) is 2.95. The summed E-state index contributed by atoms with van der Waals surface area (Å²) < 4.78 is 0. The number of nitrogens with one attached hydrogen (secondary N) is 1. The maximum absolute atomic E-state index is 6.19. The highest BCUT2D eigenvalue weighted by molar-refractivity contribution is 5.11. The minimum absolute atomic E-state index is 0.175. The van der Waals surface area contributed by atoms with Gasteiger partial charge in [-0.1, -0.05) is 0 Å². The van der Waals surface area contributed by atoms with Crippen molar-refractivity contribution in [2.45, 2.75) is 51.2 Å². The van der Waals surface area contributed by atoms with Gasteiger partial charge in [0.2, 0.25) is 0 Å². The second-order valence-corrected chi connectivity index (χ2v) is 4.80. The van der Waals surface area contributed by atoms with E-state index in [2.05, 4.69) is 19.2 Å². The zero-order valence-corrected chi connectivity index (χ0v) is 9.15. The summed E-state index contributed by atoms with van der Waals surface area (Å²) >= 11 is 0. The van der Waals surface area contributed by atoms with Crippen molar-refractivity contribution >= 4 is 0 Å². The molecule has 0 aliphatic heterocycles.